The molecule has 0 bridgehead atoms. The Bertz CT molecular complexity index is 203. The van der Waals surface area contributed by atoms with Crippen molar-refractivity contribution in [2.24, 2.45) is 5.92 Å². The zero-order valence-corrected chi connectivity index (χ0v) is 10.4. The van der Waals surface area contributed by atoms with E-state index in [1.165, 1.54) is 6.42 Å². The van der Waals surface area contributed by atoms with E-state index in [-0.39, 0.29) is 17.9 Å². The molecule has 1 fully saturated rings. The summed E-state index contributed by atoms with van der Waals surface area (Å²) in [6, 6.07) is 0. The molecule has 1 rings (SSSR count). The third kappa shape index (κ3) is 4.94. The summed E-state index contributed by atoms with van der Waals surface area (Å²) in [4.78, 5) is 11.7. The second-order valence-corrected chi connectivity index (χ2v) is 4.44. The van der Waals surface area contributed by atoms with E-state index in [4.69, 9.17) is 4.74 Å². The van der Waals surface area contributed by atoms with Gasteiger partial charge in [-0.1, -0.05) is 13.8 Å². The van der Waals surface area contributed by atoms with Gasteiger partial charge in [0.05, 0.1) is 6.10 Å². The number of amides is 1. The van der Waals surface area contributed by atoms with E-state index < -0.39 is 0 Å². The van der Waals surface area contributed by atoms with Crippen molar-refractivity contribution in [3.05, 3.63) is 0 Å². The second-order valence-electron chi connectivity index (χ2n) is 4.44. The van der Waals surface area contributed by atoms with Gasteiger partial charge in [0.1, 0.15) is 0 Å². The van der Waals surface area contributed by atoms with E-state index in [0.29, 0.717) is 6.54 Å². The minimum Gasteiger partial charge on any atom is -0.376 e. The van der Waals surface area contributed by atoms with E-state index in [0.717, 1.165) is 32.5 Å². The van der Waals surface area contributed by atoms with Crippen molar-refractivity contribution < 1.29 is 9.53 Å². The van der Waals surface area contributed by atoms with E-state index in [2.05, 4.69) is 10.6 Å². The lowest BCUT2D eigenvalue weighted by Gasteiger charge is -2.23. The number of carbonyl (C=O) groups excluding carboxylic acids is 1. The van der Waals surface area contributed by atoms with Gasteiger partial charge in [-0.25, -0.2) is 0 Å². The van der Waals surface area contributed by atoms with Crippen molar-refractivity contribution in [3.8, 4) is 0 Å². The summed E-state index contributed by atoms with van der Waals surface area (Å²) in [5.74, 6) is 0.152. The molecule has 0 aromatic carbocycles. The van der Waals surface area contributed by atoms with Gasteiger partial charge in [-0.15, -0.1) is 0 Å². The summed E-state index contributed by atoms with van der Waals surface area (Å²) >= 11 is 0. The summed E-state index contributed by atoms with van der Waals surface area (Å²) in [5, 5.41) is 6.13. The van der Waals surface area contributed by atoms with Crippen LogP contribution >= 0.6 is 0 Å². The van der Waals surface area contributed by atoms with Crippen molar-refractivity contribution >= 4 is 5.91 Å². The van der Waals surface area contributed by atoms with Crippen LogP contribution in [0, 0.1) is 5.92 Å². The zero-order chi connectivity index (χ0) is 11.8. The van der Waals surface area contributed by atoms with Crippen LogP contribution in [0.3, 0.4) is 0 Å². The SMILES string of the molecule is CCNCC(C)C(=O)NCC1CCCCO1. The molecule has 0 aliphatic carbocycles. The molecule has 0 spiro atoms. The van der Waals surface area contributed by atoms with Gasteiger partial charge >= 0.3 is 0 Å². The van der Waals surface area contributed by atoms with E-state index in [1.807, 2.05) is 13.8 Å². The Morgan fingerprint density at radius 3 is 2.94 bits per heavy atom. The Hall–Kier alpha value is -0.610. The van der Waals surface area contributed by atoms with Gasteiger partial charge in [0.15, 0.2) is 0 Å². The van der Waals surface area contributed by atoms with Crippen LogP contribution in [-0.2, 0) is 9.53 Å². The fraction of sp³-hybridized carbons (Fsp3) is 0.917. The molecule has 1 saturated heterocycles. The summed E-state index contributed by atoms with van der Waals surface area (Å²) in [6.45, 7) is 7.14. The Kier molecular flexibility index (Phi) is 6.42. The second kappa shape index (κ2) is 7.63. The van der Waals surface area contributed by atoms with E-state index >= 15 is 0 Å². The third-order valence-corrected chi connectivity index (χ3v) is 2.93. The molecular weight excluding hydrogens is 204 g/mol. The highest BCUT2D eigenvalue weighted by Crippen LogP contribution is 2.11. The average Bonchev–Trinajstić information content (AvgIpc) is 2.34. The van der Waals surface area contributed by atoms with E-state index in [9.17, 15) is 4.79 Å². The van der Waals surface area contributed by atoms with Crippen LogP contribution in [0.4, 0.5) is 0 Å². The molecule has 1 amide bonds. The monoisotopic (exact) mass is 228 g/mol. The molecule has 0 aromatic rings. The van der Waals surface area contributed by atoms with Crippen LogP contribution in [0.5, 0.6) is 0 Å². The Morgan fingerprint density at radius 1 is 1.50 bits per heavy atom. The topological polar surface area (TPSA) is 50.4 Å². The number of hydrogen-bond acceptors (Lipinski definition) is 3. The minimum atomic E-state index is 0.0311. The number of nitrogens with one attached hydrogen (secondary N) is 2. The molecule has 16 heavy (non-hydrogen) atoms. The van der Waals surface area contributed by atoms with Crippen LogP contribution in [0.25, 0.3) is 0 Å². The molecule has 4 heteroatoms. The predicted octanol–water partition coefficient (Wildman–Crippen LogP) is 0.917. The Morgan fingerprint density at radius 2 is 2.31 bits per heavy atom. The molecule has 2 unspecified atom stereocenters. The van der Waals surface area contributed by atoms with Crippen LogP contribution in [0.2, 0.25) is 0 Å². The van der Waals surface area contributed by atoms with E-state index in [1.54, 1.807) is 0 Å². The van der Waals surface area contributed by atoms with Crippen molar-refractivity contribution in [2.45, 2.75) is 39.2 Å². The smallest absolute Gasteiger partial charge is 0.224 e. The molecule has 94 valence electrons. The normalized spacial score (nSPS) is 22.8. The van der Waals surface area contributed by atoms with Crippen LogP contribution < -0.4 is 10.6 Å². The first-order chi connectivity index (χ1) is 7.74. The number of rotatable bonds is 6. The fourth-order valence-corrected chi connectivity index (χ4v) is 1.81. The first-order valence-corrected chi connectivity index (χ1v) is 6.34. The largest absolute Gasteiger partial charge is 0.376 e. The van der Waals surface area contributed by atoms with Gasteiger partial charge in [0.2, 0.25) is 5.91 Å². The number of hydrogen-bond donors (Lipinski definition) is 2. The molecule has 0 aromatic heterocycles. The minimum absolute atomic E-state index is 0.0311. The van der Waals surface area contributed by atoms with Crippen molar-refractivity contribution in [1.82, 2.24) is 10.6 Å². The quantitative estimate of drug-likeness (QED) is 0.710. The van der Waals surface area contributed by atoms with Crippen molar-refractivity contribution in [1.29, 1.82) is 0 Å². The summed E-state index contributed by atoms with van der Waals surface area (Å²) < 4.78 is 5.56. The number of carbonyl (C=O) groups is 1. The summed E-state index contributed by atoms with van der Waals surface area (Å²) in [7, 11) is 0. The zero-order valence-electron chi connectivity index (χ0n) is 10.4. The highest BCUT2D eigenvalue weighted by Gasteiger charge is 2.17. The molecule has 0 radical (unpaired) electrons. The lowest BCUT2D eigenvalue weighted by Crippen LogP contribution is -2.40. The van der Waals surface area contributed by atoms with Crippen LogP contribution in [-0.4, -0.2) is 38.3 Å². The molecule has 1 aliphatic heterocycles. The molecule has 2 N–H and O–H groups in total. The fourth-order valence-electron chi connectivity index (χ4n) is 1.81. The lowest BCUT2D eigenvalue weighted by molar-refractivity contribution is -0.125. The number of ether oxygens (including phenoxy) is 1. The standard InChI is InChI=1S/C12H24N2O2/c1-3-13-8-10(2)12(15)14-9-11-6-4-5-7-16-11/h10-11,13H,3-9H2,1-2H3,(H,14,15). The van der Waals surface area contributed by atoms with Crippen molar-refractivity contribution in [3.63, 3.8) is 0 Å². The first-order valence-electron chi connectivity index (χ1n) is 6.34. The van der Waals surface area contributed by atoms with Gasteiger partial charge < -0.3 is 15.4 Å². The van der Waals surface area contributed by atoms with Gasteiger partial charge in [0, 0.05) is 25.6 Å². The van der Waals surface area contributed by atoms with Gasteiger partial charge in [-0.2, -0.15) is 0 Å². The maximum Gasteiger partial charge on any atom is 0.224 e. The Balaban J connectivity index is 2.12. The lowest BCUT2D eigenvalue weighted by atomic mass is 10.1. The molecule has 1 heterocycles. The Labute approximate surface area is 98.1 Å². The third-order valence-electron chi connectivity index (χ3n) is 2.93. The molecule has 0 saturated carbocycles. The van der Waals surface area contributed by atoms with Crippen molar-refractivity contribution in [2.75, 3.05) is 26.2 Å². The highest BCUT2D eigenvalue weighted by atomic mass is 16.5. The maximum atomic E-state index is 11.7. The summed E-state index contributed by atoms with van der Waals surface area (Å²) in [6.07, 6.45) is 3.67. The highest BCUT2D eigenvalue weighted by molar-refractivity contribution is 5.78. The predicted molar refractivity (Wildman–Crippen MR) is 64.3 cm³/mol. The average molecular weight is 228 g/mol. The van der Waals surface area contributed by atoms with Gasteiger partial charge in [-0.05, 0) is 25.8 Å². The molecule has 4 nitrogen and oxygen atoms in total. The molecular formula is C12H24N2O2. The first kappa shape index (κ1) is 13.5. The summed E-state index contributed by atoms with van der Waals surface area (Å²) in [5.41, 5.74) is 0. The van der Waals surface area contributed by atoms with Gasteiger partial charge in [-0.3, -0.25) is 4.79 Å². The molecule has 2 atom stereocenters. The maximum absolute atomic E-state index is 11.7. The van der Waals surface area contributed by atoms with Gasteiger partial charge in [0.25, 0.3) is 0 Å². The van der Waals surface area contributed by atoms with Crippen LogP contribution in [0.15, 0.2) is 0 Å². The van der Waals surface area contributed by atoms with Crippen LogP contribution in [0.1, 0.15) is 33.1 Å². The molecule has 1 aliphatic rings.